The number of nitrogens with one attached hydrogen (secondary N) is 1. The number of rotatable bonds is 1. The summed E-state index contributed by atoms with van der Waals surface area (Å²) in [5.74, 6) is 1.55. The van der Waals surface area contributed by atoms with Gasteiger partial charge in [-0.3, -0.25) is 4.79 Å². The minimum Gasteiger partial charge on any atom is -0.384 e. The normalized spacial score (nSPS) is 29.8. The molecule has 1 amide bonds. The number of piperidine rings is 1. The van der Waals surface area contributed by atoms with Crippen molar-refractivity contribution in [2.75, 3.05) is 25.0 Å². The zero-order valence-corrected chi connectivity index (χ0v) is 11.7. The highest BCUT2D eigenvalue weighted by atomic mass is 16.2. The number of benzene rings is 1. The van der Waals surface area contributed by atoms with Crippen molar-refractivity contribution < 1.29 is 4.79 Å². The summed E-state index contributed by atoms with van der Waals surface area (Å²) in [7, 11) is 0. The summed E-state index contributed by atoms with van der Waals surface area (Å²) in [5.41, 5.74) is 2.29. The molecule has 0 aromatic heterocycles. The van der Waals surface area contributed by atoms with E-state index in [2.05, 4.69) is 36.2 Å². The van der Waals surface area contributed by atoms with Crippen LogP contribution in [0.4, 0.5) is 5.69 Å². The molecule has 3 atom stereocenters. The van der Waals surface area contributed by atoms with Crippen LogP contribution < -0.4 is 5.32 Å². The van der Waals surface area contributed by atoms with Crippen molar-refractivity contribution in [2.45, 2.75) is 26.2 Å². The summed E-state index contributed by atoms with van der Waals surface area (Å²) in [6.07, 6.45) is 1.24. The van der Waals surface area contributed by atoms with E-state index in [1.165, 1.54) is 12.0 Å². The Labute approximate surface area is 115 Å². The van der Waals surface area contributed by atoms with E-state index in [-0.39, 0.29) is 5.92 Å². The maximum atomic E-state index is 12.7. The van der Waals surface area contributed by atoms with Crippen molar-refractivity contribution in [3.63, 3.8) is 0 Å². The highest BCUT2D eigenvalue weighted by Gasteiger charge is 2.34. The van der Waals surface area contributed by atoms with Crippen LogP contribution in [0.1, 0.15) is 31.7 Å². The molecule has 1 aromatic carbocycles. The van der Waals surface area contributed by atoms with Gasteiger partial charge < -0.3 is 10.2 Å². The summed E-state index contributed by atoms with van der Waals surface area (Å²) in [5, 5.41) is 3.35. The van der Waals surface area contributed by atoms with Gasteiger partial charge in [0.2, 0.25) is 5.91 Å². The first-order valence-corrected chi connectivity index (χ1v) is 7.26. The zero-order chi connectivity index (χ0) is 13.4. The van der Waals surface area contributed by atoms with Crippen LogP contribution in [0.2, 0.25) is 0 Å². The lowest BCUT2D eigenvalue weighted by molar-refractivity contribution is -0.135. The lowest BCUT2D eigenvalue weighted by Gasteiger charge is -2.36. The van der Waals surface area contributed by atoms with Crippen LogP contribution >= 0.6 is 0 Å². The molecule has 0 saturated carbocycles. The Bertz CT molecular complexity index is 475. The fourth-order valence-electron chi connectivity index (χ4n) is 3.57. The van der Waals surface area contributed by atoms with Gasteiger partial charge in [-0.25, -0.2) is 0 Å². The number of anilines is 1. The van der Waals surface area contributed by atoms with Gasteiger partial charge in [0.1, 0.15) is 0 Å². The number of nitrogens with zero attached hydrogens (tertiary/aromatic N) is 1. The SMILES string of the molecule is CC1CC(C)CN(C(=O)C2CNc3ccccc32)C1. The van der Waals surface area contributed by atoms with Gasteiger partial charge in [0, 0.05) is 25.3 Å². The maximum absolute atomic E-state index is 12.7. The molecule has 3 rings (SSSR count). The van der Waals surface area contributed by atoms with E-state index >= 15 is 0 Å². The molecule has 2 aliphatic rings. The summed E-state index contributed by atoms with van der Waals surface area (Å²) in [4.78, 5) is 14.8. The number of hydrogen-bond donors (Lipinski definition) is 1. The zero-order valence-electron chi connectivity index (χ0n) is 11.7. The van der Waals surface area contributed by atoms with E-state index < -0.39 is 0 Å². The summed E-state index contributed by atoms with van der Waals surface area (Å²) < 4.78 is 0. The fraction of sp³-hybridized carbons (Fsp3) is 0.562. The Morgan fingerprint density at radius 1 is 1.21 bits per heavy atom. The van der Waals surface area contributed by atoms with Crippen molar-refractivity contribution in [1.29, 1.82) is 0 Å². The molecule has 0 spiro atoms. The van der Waals surface area contributed by atoms with Crippen LogP contribution in [0.3, 0.4) is 0 Å². The molecular weight excluding hydrogens is 236 g/mol. The molecule has 3 nitrogen and oxygen atoms in total. The molecule has 1 N–H and O–H groups in total. The monoisotopic (exact) mass is 258 g/mol. The second kappa shape index (κ2) is 4.87. The van der Waals surface area contributed by atoms with E-state index in [4.69, 9.17) is 0 Å². The number of hydrogen-bond acceptors (Lipinski definition) is 2. The first-order valence-electron chi connectivity index (χ1n) is 7.26. The third kappa shape index (κ3) is 2.34. The molecule has 19 heavy (non-hydrogen) atoms. The van der Waals surface area contributed by atoms with Crippen LogP contribution in [0.15, 0.2) is 24.3 Å². The van der Waals surface area contributed by atoms with Crippen LogP contribution in [-0.4, -0.2) is 30.4 Å². The van der Waals surface area contributed by atoms with E-state index in [9.17, 15) is 4.79 Å². The van der Waals surface area contributed by atoms with Crippen molar-refractivity contribution in [1.82, 2.24) is 4.90 Å². The Hall–Kier alpha value is -1.51. The van der Waals surface area contributed by atoms with Gasteiger partial charge in [0.15, 0.2) is 0 Å². The van der Waals surface area contributed by atoms with Gasteiger partial charge in [-0.05, 0) is 29.9 Å². The average molecular weight is 258 g/mol. The average Bonchev–Trinajstić information content (AvgIpc) is 2.80. The maximum Gasteiger partial charge on any atom is 0.232 e. The van der Waals surface area contributed by atoms with Crippen molar-refractivity contribution in [3.8, 4) is 0 Å². The Morgan fingerprint density at radius 2 is 1.89 bits per heavy atom. The summed E-state index contributed by atoms with van der Waals surface area (Å²) in [6.45, 7) is 7.08. The second-order valence-corrected chi connectivity index (χ2v) is 6.21. The second-order valence-electron chi connectivity index (χ2n) is 6.21. The molecule has 1 fully saturated rings. The standard InChI is InChI=1S/C16H22N2O/c1-11-7-12(2)10-18(9-11)16(19)14-8-17-15-6-4-3-5-13(14)15/h3-6,11-12,14,17H,7-10H2,1-2H3. The third-order valence-electron chi connectivity index (χ3n) is 4.31. The molecule has 0 aliphatic carbocycles. The molecule has 2 aliphatic heterocycles. The third-order valence-corrected chi connectivity index (χ3v) is 4.31. The number of carbonyl (C=O) groups excluding carboxylic acids is 1. The van der Waals surface area contributed by atoms with Crippen molar-refractivity contribution in [3.05, 3.63) is 29.8 Å². The van der Waals surface area contributed by atoms with Gasteiger partial charge in [0.25, 0.3) is 0 Å². The van der Waals surface area contributed by atoms with Gasteiger partial charge >= 0.3 is 0 Å². The number of carbonyl (C=O) groups is 1. The Kier molecular flexibility index (Phi) is 3.21. The van der Waals surface area contributed by atoms with Crippen molar-refractivity contribution >= 4 is 11.6 Å². The van der Waals surface area contributed by atoms with Gasteiger partial charge in [-0.2, -0.15) is 0 Å². The number of amides is 1. The smallest absolute Gasteiger partial charge is 0.232 e. The lowest BCUT2D eigenvalue weighted by atomic mass is 9.90. The Morgan fingerprint density at radius 3 is 2.63 bits per heavy atom. The minimum atomic E-state index is 0.00806. The minimum absolute atomic E-state index is 0.00806. The molecule has 0 radical (unpaired) electrons. The summed E-state index contributed by atoms with van der Waals surface area (Å²) >= 11 is 0. The first kappa shape index (κ1) is 12.5. The molecule has 2 heterocycles. The van der Waals surface area contributed by atoms with E-state index in [0.717, 1.165) is 25.3 Å². The van der Waals surface area contributed by atoms with Crippen LogP contribution in [0.25, 0.3) is 0 Å². The van der Waals surface area contributed by atoms with Crippen molar-refractivity contribution in [2.24, 2.45) is 11.8 Å². The van der Waals surface area contributed by atoms with E-state index in [1.54, 1.807) is 0 Å². The fourth-order valence-corrected chi connectivity index (χ4v) is 3.57. The van der Waals surface area contributed by atoms with Crippen LogP contribution in [0, 0.1) is 11.8 Å². The summed E-state index contributed by atoms with van der Waals surface area (Å²) in [6, 6.07) is 8.18. The molecule has 3 heteroatoms. The highest BCUT2D eigenvalue weighted by Crippen LogP contribution is 2.33. The first-order chi connectivity index (χ1) is 9.15. The molecule has 1 saturated heterocycles. The number of para-hydroxylation sites is 1. The highest BCUT2D eigenvalue weighted by molar-refractivity contribution is 5.88. The predicted octanol–water partition coefficient (Wildman–Crippen LogP) is 2.70. The molecule has 0 bridgehead atoms. The molecule has 3 unspecified atom stereocenters. The van der Waals surface area contributed by atoms with E-state index in [0.29, 0.717) is 17.7 Å². The molecular formula is C16H22N2O. The Balaban J connectivity index is 1.78. The van der Waals surface area contributed by atoms with Gasteiger partial charge in [-0.1, -0.05) is 32.0 Å². The van der Waals surface area contributed by atoms with E-state index in [1.807, 2.05) is 12.1 Å². The number of fused-ring (bicyclic) bond motifs is 1. The van der Waals surface area contributed by atoms with Crippen LogP contribution in [-0.2, 0) is 4.79 Å². The van der Waals surface area contributed by atoms with Gasteiger partial charge in [0.05, 0.1) is 5.92 Å². The lowest BCUT2D eigenvalue weighted by Crippen LogP contribution is -2.45. The molecule has 1 aromatic rings. The quantitative estimate of drug-likeness (QED) is 0.840. The predicted molar refractivity (Wildman–Crippen MR) is 77.2 cm³/mol. The topological polar surface area (TPSA) is 32.3 Å². The molecule has 102 valence electrons. The van der Waals surface area contributed by atoms with Gasteiger partial charge in [-0.15, -0.1) is 0 Å². The number of likely N-dealkylation sites (tertiary alicyclic amines) is 1. The largest absolute Gasteiger partial charge is 0.384 e. The van der Waals surface area contributed by atoms with Crippen LogP contribution in [0.5, 0.6) is 0 Å².